The van der Waals surface area contributed by atoms with Crippen molar-refractivity contribution in [3.63, 3.8) is 0 Å². The van der Waals surface area contributed by atoms with Crippen LogP contribution in [0.15, 0.2) is 28.8 Å². The molecule has 0 aliphatic rings. The van der Waals surface area contributed by atoms with Crippen molar-refractivity contribution < 1.29 is 14.2 Å². The molecule has 1 aromatic carbocycles. The number of hydrogen-bond acceptors (Lipinski definition) is 5. The molecule has 0 aliphatic carbocycles. The maximum Gasteiger partial charge on any atom is 0.338 e. The Balaban J connectivity index is 2.24. The maximum absolute atomic E-state index is 10.9. The minimum atomic E-state index is -0.500. The number of methoxy groups -OCH3 is 1. The van der Waals surface area contributed by atoms with E-state index in [9.17, 15) is 10.1 Å². The fraction of sp³-hybridized carbons (Fsp3) is 0.154. The molecule has 6 heteroatoms. The van der Waals surface area contributed by atoms with Crippen LogP contribution in [-0.4, -0.2) is 17.2 Å². The zero-order valence-corrected chi connectivity index (χ0v) is 10.5. The van der Waals surface area contributed by atoms with Crippen LogP contribution < -0.4 is 4.74 Å². The van der Waals surface area contributed by atoms with E-state index in [4.69, 9.17) is 9.26 Å². The number of ether oxygens (including phenoxy) is 1. The van der Waals surface area contributed by atoms with Gasteiger partial charge in [-0.05, 0) is 23.8 Å². The summed E-state index contributed by atoms with van der Waals surface area (Å²) in [6.07, 6.45) is 3.28. The third kappa shape index (κ3) is 2.79. The van der Waals surface area contributed by atoms with Crippen LogP contribution in [0.1, 0.15) is 17.0 Å². The third-order valence-electron chi connectivity index (χ3n) is 2.59. The molecule has 1 aromatic heterocycles. The second kappa shape index (κ2) is 5.34. The summed E-state index contributed by atoms with van der Waals surface area (Å²) < 4.78 is 9.86. The molecule has 6 nitrogen and oxygen atoms in total. The normalized spacial score (nSPS) is 10.8. The highest BCUT2D eigenvalue weighted by atomic mass is 16.6. The predicted octanol–water partition coefficient (Wildman–Crippen LogP) is 3.07. The number of nitrogens with zero attached hydrogens (tertiary/aromatic N) is 2. The topological polar surface area (TPSA) is 78.4 Å². The van der Waals surface area contributed by atoms with Gasteiger partial charge in [0.05, 0.1) is 12.0 Å². The predicted molar refractivity (Wildman–Crippen MR) is 69.8 cm³/mol. The number of aryl methyl sites for hydroxylation is 1. The summed E-state index contributed by atoms with van der Waals surface area (Å²) in [5.74, 6) is 0.944. The van der Waals surface area contributed by atoms with Crippen molar-refractivity contribution in [1.82, 2.24) is 5.16 Å². The number of nitro groups is 1. The van der Waals surface area contributed by atoms with Crippen LogP contribution >= 0.6 is 0 Å². The van der Waals surface area contributed by atoms with Crippen LogP contribution in [0.5, 0.6) is 5.75 Å². The molecule has 0 radical (unpaired) electrons. The minimum absolute atomic E-state index is 0.107. The second-order valence-corrected chi connectivity index (χ2v) is 3.84. The van der Waals surface area contributed by atoms with Gasteiger partial charge < -0.3 is 9.26 Å². The van der Waals surface area contributed by atoms with E-state index in [2.05, 4.69) is 5.16 Å². The van der Waals surface area contributed by atoms with Crippen LogP contribution in [0.3, 0.4) is 0 Å². The number of rotatable bonds is 4. The van der Waals surface area contributed by atoms with Crippen molar-refractivity contribution in [1.29, 1.82) is 0 Å². The van der Waals surface area contributed by atoms with Crippen molar-refractivity contribution in [3.05, 3.63) is 51.4 Å². The van der Waals surface area contributed by atoms with Crippen molar-refractivity contribution in [2.75, 3.05) is 7.11 Å². The molecule has 0 spiro atoms. The maximum atomic E-state index is 10.9. The van der Waals surface area contributed by atoms with E-state index in [0.717, 1.165) is 11.3 Å². The fourth-order valence-electron chi connectivity index (χ4n) is 1.61. The van der Waals surface area contributed by atoms with Gasteiger partial charge in [0.15, 0.2) is 5.69 Å². The molecule has 0 fully saturated rings. The highest BCUT2D eigenvalue weighted by Crippen LogP contribution is 2.24. The first-order chi connectivity index (χ1) is 9.11. The molecule has 0 saturated carbocycles. The van der Waals surface area contributed by atoms with Gasteiger partial charge in [0.2, 0.25) is 5.76 Å². The van der Waals surface area contributed by atoms with Gasteiger partial charge in [-0.15, -0.1) is 0 Å². The lowest BCUT2D eigenvalue weighted by Crippen LogP contribution is -1.90. The molecule has 1 heterocycles. The zero-order valence-electron chi connectivity index (χ0n) is 10.5. The van der Waals surface area contributed by atoms with Gasteiger partial charge in [-0.1, -0.05) is 23.4 Å². The lowest BCUT2D eigenvalue weighted by Gasteiger charge is -1.98. The SMILES string of the molecule is COc1ccc(C=Cc2noc(C)c2[N+](=O)[O-])cc1. The molecule has 0 unspecified atom stereocenters. The molecular weight excluding hydrogens is 248 g/mol. The van der Waals surface area contributed by atoms with E-state index in [1.807, 2.05) is 24.3 Å². The average Bonchev–Trinajstić information content (AvgIpc) is 2.78. The molecular formula is C13H12N2O4. The van der Waals surface area contributed by atoms with Crippen LogP contribution in [0, 0.1) is 17.0 Å². The monoisotopic (exact) mass is 260 g/mol. The summed E-state index contributed by atoms with van der Waals surface area (Å²) in [5, 5.41) is 14.5. The molecule has 19 heavy (non-hydrogen) atoms. The molecule has 2 rings (SSSR count). The molecule has 0 N–H and O–H groups in total. The van der Waals surface area contributed by atoms with E-state index >= 15 is 0 Å². The Bertz CT molecular complexity index is 614. The van der Waals surface area contributed by atoms with Crippen molar-refractivity contribution in [2.45, 2.75) is 6.92 Å². The summed E-state index contributed by atoms with van der Waals surface area (Å²) in [5.41, 5.74) is 0.985. The number of hydrogen-bond donors (Lipinski definition) is 0. The van der Waals surface area contributed by atoms with Gasteiger partial charge in [0, 0.05) is 6.92 Å². The first kappa shape index (κ1) is 12.8. The smallest absolute Gasteiger partial charge is 0.338 e. The fourth-order valence-corrected chi connectivity index (χ4v) is 1.61. The van der Waals surface area contributed by atoms with Gasteiger partial charge in [0.25, 0.3) is 0 Å². The first-order valence-electron chi connectivity index (χ1n) is 5.54. The minimum Gasteiger partial charge on any atom is -0.497 e. The van der Waals surface area contributed by atoms with Gasteiger partial charge in [-0.2, -0.15) is 0 Å². The number of benzene rings is 1. The largest absolute Gasteiger partial charge is 0.497 e. The summed E-state index contributed by atoms with van der Waals surface area (Å²) in [6.45, 7) is 1.51. The lowest BCUT2D eigenvalue weighted by molar-refractivity contribution is -0.386. The molecule has 2 aromatic rings. The van der Waals surface area contributed by atoms with Crippen LogP contribution in [0.25, 0.3) is 12.2 Å². The summed E-state index contributed by atoms with van der Waals surface area (Å²) in [7, 11) is 1.59. The molecule has 0 atom stereocenters. The Morgan fingerprint density at radius 3 is 2.58 bits per heavy atom. The van der Waals surface area contributed by atoms with E-state index in [-0.39, 0.29) is 17.1 Å². The quantitative estimate of drug-likeness (QED) is 0.623. The highest BCUT2D eigenvalue weighted by Gasteiger charge is 2.21. The lowest BCUT2D eigenvalue weighted by atomic mass is 10.2. The van der Waals surface area contributed by atoms with E-state index in [1.54, 1.807) is 19.3 Å². The van der Waals surface area contributed by atoms with Crippen LogP contribution in [-0.2, 0) is 0 Å². The molecule has 0 amide bonds. The third-order valence-corrected chi connectivity index (χ3v) is 2.59. The Labute approximate surface area is 109 Å². The van der Waals surface area contributed by atoms with E-state index in [0.29, 0.717) is 0 Å². The Morgan fingerprint density at radius 1 is 1.32 bits per heavy atom. The molecule has 98 valence electrons. The van der Waals surface area contributed by atoms with Gasteiger partial charge >= 0.3 is 5.69 Å². The highest BCUT2D eigenvalue weighted by molar-refractivity contribution is 5.72. The van der Waals surface area contributed by atoms with Gasteiger partial charge in [0.1, 0.15) is 5.75 Å². The first-order valence-corrected chi connectivity index (χ1v) is 5.54. The number of aromatic nitrogens is 1. The van der Waals surface area contributed by atoms with Crippen LogP contribution in [0.4, 0.5) is 5.69 Å². The summed E-state index contributed by atoms with van der Waals surface area (Å²) in [4.78, 5) is 10.4. The van der Waals surface area contributed by atoms with E-state index in [1.165, 1.54) is 6.92 Å². The molecule has 0 aliphatic heterocycles. The summed E-state index contributed by atoms with van der Waals surface area (Å²) >= 11 is 0. The Hall–Kier alpha value is -2.63. The standard InChI is InChI=1S/C13H12N2O4/c1-9-13(15(16)17)12(14-19-9)8-5-10-3-6-11(18-2)7-4-10/h3-8H,1-2H3. The van der Waals surface area contributed by atoms with E-state index < -0.39 is 4.92 Å². The molecule has 0 bridgehead atoms. The van der Waals surface area contributed by atoms with Crippen LogP contribution in [0.2, 0.25) is 0 Å². The Morgan fingerprint density at radius 2 is 2.00 bits per heavy atom. The average molecular weight is 260 g/mol. The van der Waals surface area contributed by atoms with Gasteiger partial charge in [-0.3, -0.25) is 10.1 Å². The van der Waals surface area contributed by atoms with Crippen molar-refractivity contribution in [2.24, 2.45) is 0 Å². The zero-order chi connectivity index (χ0) is 13.8. The Kier molecular flexibility index (Phi) is 3.61. The van der Waals surface area contributed by atoms with Gasteiger partial charge in [-0.25, -0.2) is 0 Å². The van der Waals surface area contributed by atoms with Crippen molar-refractivity contribution in [3.8, 4) is 5.75 Å². The second-order valence-electron chi connectivity index (χ2n) is 3.84. The summed E-state index contributed by atoms with van der Waals surface area (Å²) in [6, 6.07) is 7.30. The molecule has 0 saturated heterocycles. The van der Waals surface area contributed by atoms with Crippen molar-refractivity contribution >= 4 is 17.8 Å².